The highest BCUT2D eigenvalue weighted by Crippen LogP contribution is 2.22. The van der Waals surface area contributed by atoms with Gasteiger partial charge in [-0.1, -0.05) is 24.3 Å². The lowest BCUT2D eigenvalue weighted by molar-refractivity contribution is -0.275. The maximum Gasteiger partial charge on any atom is 0.573 e. The molecule has 0 aliphatic rings. The Morgan fingerprint density at radius 1 is 0.733 bits per heavy atom. The van der Waals surface area contributed by atoms with Crippen molar-refractivity contribution in [2.24, 2.45) is 0 Å². The summed E-state index contributed by atoms with van der Waals surface area (Å²) in [4.78, 5) is 11.7. The Kier molecular flexibility index (Phi) is 7.10. The summed E-state index contributed by atoms with van der Waals surface area (Å²) in [5, 5.41) is 19.6. The Morgan fingerprint density at radius 2 is 1.10 bits per heavy atom. The second-order valence-corrected chi connectivity index (χ2v) is 5.43. The first-order valence-electron chi connectivity index (χ1n) is 7.77. The standard InChI is InChI=1S/C15H10B2F6O7/c18-14(19,20)27-11-5-1-3-9(7-11)16(25)29-13(24)30-17(26)10-4-2-6-12(8-10)28-15(21,22)23/h1-8,25-26H. The van der Waals surface area contributed by atoms with Crippen LogP contribution >= 0.6 is 0 Å². The van der Waals surface area contributed by atoms with Crippen molar-refractivity contribution in [3.05, 3.63) is 48.5 Å². The monoisotopic (exact) mass is 438 g/mol. The summed E-state index contributed by atoms with van der Waals surface area (Å²) in [5.74, 6) is -1.39. The molecule has 0 fully saturated rings. The molecule has 0 radical (unpaired) electrons. The zero-order chi connectivity index (χ0) is 22.5. The topological polar surface area (TPSA) is 94.5 Å². The zero-order valence-electron chi connectivity index (χ0n) is 14.5. The van der Waals surface area contributed by atoms with Gasteiger partial charge in [-0.3, -0.25) is 0 Å². The predicted octanol–water partition coefficient (Wildman–Crippen LogP) is 1.71. The van der Waals surface area contributed by atoms with Gasteiger partial charge in [-0.25, -0.2) is 4.79 Å². The molecule has 0 bridgehead atoms. The van der Waals surface area contributed by atoms with Crippen molar-refractivity contribution in [1.82, 2.24) is 0 Å². The van der Waals surface area contributed by atoms with E-state index in [0.717, 1.165) is 48.5 Å². The maximum absolute atomic E-state index is 12.2. The number of carbonyl (C=O) groups excluding carboxylic acids is 1. The van der Waals surface area contributed by atoms with E-state index in [9.17, 15) is 41.2 Å². The number of halogens is 6. The fraction of sp³-hybridized carbons (Fsp3) is 0.133. The van der Waals surface area contributed by atoms with E-state index in [1.165, 1.54) is 0 Å². The summed E-state index contributed by atoms with van der Waals surface area (Å²) in [6, 6.07) is 7.71. The average molecular weight is 438 g/mol. The van der Waals surface area contributed by atoms with Crippen LogP contribution in [0.3, 0.4) is 0 Å². The smallest absolute Gasteiger partial charge is 0.474 e. The molecule has 0 atom stereocenters. The van der Waals surface area contributed by atoms with E-state index in [1.807, 2.05) is 0 Å². The number of benzene rings is 2. The molecule has 30 heavy (non-hydrogen) atoms. The fourth-order valence-electron chi connectivity index (χ4n) is 2.08. The van der Waals surface area contributed by atoms with Crippen LogP contribution in [0, 0.1) is 0 Å². The van der Waals surface area contributed by atoms with E-state index in [1.54, 1.807) is 0 Å². The van der Waals surface area contributed by atoms with E-state index < -0.39 is 44.6 Å². The minimum Gasteiger partial charge on any atom is -0.474 e. The number of hydrogen-bond donors (Lipinski definition) is 2. The number of rotatable bonds is 6. The molecule has 0 unspecified atom stereocenters. The van der Waals surface area contributed by atoms with Crippen LogP contribution in [0.1, 0.15) is 0 Å². The van der Waals surface area contributed by atoms with Crippen LogP contribution in [0.2, 0.25) is 0 Å². The first-order chi connectivity index (χ1) is 13.8. The predicted molar refractivity (Wildman–Crippen MR) is 89.0 cm³/mol. The van der Waals surface area contributed by atoms with E-state index in [2.05, 4.69) is 18.8 Å². The Morgan fingerprint density at radius 3 is 1.43 bits per heavy atom. The lowest BCUT2D eigenvalue weighted by Gasteiger charge is -2.14. The Bertz CT molecular complexity index is 808. The normalized spacial score (nSPS) is 11.5. The highest BCUT2D eigenvalue weighted by Gasteiger charge is 2.33. The molecular formula is C15H10B2F6O7. The van der Waals surface area contributed by atoms with E-state index >= 15 is 0 Å². The molecule has 2 rings (SSSR count). The van der Waals surface area contributed by atoms with Gasteiger partial charge in [0.15, 0.2) is 0 Å². The molecule has 160 valence electrons. The van der Waals surface area contributed by atoms with Crippen LogP contribution in [0.4, 0.5) is 31.1 Å². The van der Waals surface area contributed by atoms with Gasteiger partial charge in [0.1, 0.15) is 11.5 Å². The molecule has 0 saturated carbocycles. The van der Waals surface area contributed by atoms with Gasteiger partial charge in [-0.05, 0) is 24.3 Å². The van der Waals surface area contributed by atoms with Crippen LogP contribution in [0.25, 0.3) is 0 Å². The quantitative estimate of drug-likeness (QED) is 0.525. The molecule has 0 aromatic heterocycles. The highest BCUT2D eigenvalue weighted by atomic mass is 19.4. The van der Waals surface area contributed by atoms with E-state index in [4.69, 9.17) is 0 Å². The lowest BCUT2D eigenvalue weighted by Crippen LogP contribution is -2.41. The molecular weight excluding hydrogens is 428 g/mol. The summed E-state index contributed by atoms with van der Waals surface area (Å²) in [6.45, 7) is 0. The number of carbonyl (C=O) groups is 1. The molecule has 0 amide bonds. The van der Waals surface area contributed by atoms with E-state index in [-0.39, 0.29) is 10.9 Å². The Labute approximate surface area is 165 Å². The molecule has 2 N–H and O–H groups in total. The highest BCUT2D eigenvalue weighted by molar-refractivity contribution is 6.63. The molecule has 15 heteroatoms. The Hall–Kier alpha value is -3.06. The largest absolute Gasteiger partial charge is 0.573 e. The first kappa shape index (κ1) is 23.2. The van der Waals surface area contributed by atoms with Crippen LogP contribution in [-0.2, 0) is 9.31 Å². The van der Waals surface area contributed by atoms with Gasteiger partial charge in [-0.2, -0.15) is 0 Å². The molecule has 0 spiro atoms. The summed E-state index contributed by atoms with van der Waals surface area (Å²) in [5.41, 5.74) is -0.632. The Balaban J connectivity index is 1.98. The average Bonchev–Trinajstić information content (AvgIpc) is 2.59. The fourth-order valence-corrected chi connectivity index (χ4v) is 2.08. The summed E-state index contributed by atoms with van der Waals surface area (Å²) in [6.07, 6.45) is -11.6. The van der Waals surface area contributed by atoms with E-state index in [0.29, 0.717) is 0 Å². The van der Waals surface area contributed by atoms with Gasteiger partial charge >= 0.3 is 33.1 Å². The summed E-state index contributed by atoms with van der Waals surface area (Å²) >= 11 is 0. The van der Waals surface area contributed by atoms with Crippen molar-refractivity contribution in [1.29, 1.82) is 0 Å². The molecule has 0 heterocycles. The molecule has 2 aromatic carbocycles. The second kappa shape index (κ2) is 9.17. The SMILES string of the molecule is O=C(OB(O)c1cccc(OC(F)(F)F)c1)OB(O)c1cccc(OC(F)(F)F)c1. The van der Waals surface area contributed by atoms with Crippen molar-refractivity contribution in [3.63, 3.8) is 0 Å². The molecule has 7 nitrogen and oxygen atoms in total. The van der Waals surface area contributed by atoms with Crippen molar-refractivity contribution < 1.29 is 60.0 Å². The van der Waals surface area contributed by atoms with Gasteiger partial charge in [0.2, 0.25) is 0 Å². The van der Waals surface area contributed by atoms with Gasteiger partial charge in [0, 0.05) is 10.9 Å². The third-order valence-electron chi connectivity index (χ3n) is 3.17. The molecule has 0 aliphatic carbocycles. The number of ether oxygens (including phenoxy) is 2. The third kappa shape index (κ3) is 7.75. The van der Waals surface area contributed by atoms with Crippen molar-refractivity contribution in [2.45, 2.75) is 12.7 Å². The van der Waals surface area contributed by atoms with Crippen LogP contribution in [-0.4, -0.2) is 43.2 Å². The lowest BCUT2D eigenvalue weighted by atomic mass is 9.79. The third-order valence-corrected chi connectivity index (χ3v) is 3.17. The minimum absolute atomic E-state index is 0.316. The van der Waals surface area contributed by atoms with Gasteiger partial charge in [0.05, 0.1) is 0 Å². The number of alkyl halides is 6. The zero-order valence-corrected chi connectivity index (χ0v) is 14.5. The minimum atomic E-state index is -4.99. The van der Waals surface area contributed by atoms with Gasteiger partial charge in [-0.15, -0.1) is 26.3 Å². The van der Waals surface area contributed by atoms with Crippen molar-refractivity contribution in [2.75, 3.05) is 0 Å². The number of hydrogen-bond acceptors (Lipinski definition) is 7. The van der Waals surface area contributed by atoms with Crippen LogP contribution in [0.5, 0.6) is 11.5 Å². The summed E-state index contributed by atoms with van der Waals surface area (Å²) in [7, 11) is -4.19. The van der Waals surface area contributed by atoms with Crippen molar-refractivity contribution >= 4 is 31.3 Å². The maximum atomic E-state index is 12.2. The first-order valence-corrected chi connectivity index (χ1v) is 7.77. The van der Waals surface area contributed by atoms with Gasteiger partial charge in [0.25, 0.3) is 0 Å². The molecule has 2 aromatic rings. The van der Waals surface area contributed by atoms with Crippen LogP contribution < -0.4 is 20.4 Å². The van der Waals surface area contributed by atoms with Gasteiger partial charge < -0.3 is 28.8 Å². The molecule has 0 saturated heterocycles. The van der Waals surface area contributed by atoms with Crippen molar-refractivity contribution in [3.8, 4) is 11.5 Å². The summed E-state index contributed by atoms with van der Waals surface area (Å²) < 4.78 is 89.4. The van der Waals surface area contributed by atoms with Crippen LogP contribution in [0.15, 0.2) is 48.5 Å². The molecule has 0 aliphatic heterocycles. The second-order valence-electron chi connectivity index (χ2n) is 5.43.